The molecule has 0 heterocycles. The van der Waals surface area contributed by atoms with Crippen molar-refractivity contribution in [3.05, 3.63) is 10.1 Å². The lowest BCUT2D eigenvalue weighted by Gasteiger charge is -2.20. The van der Waals surface area contributed by atoms with Crippen LogP contribution in [0.25, 0.3) is 0 Å². The average Bonchev–Trinajstić information content (AvgIpc) is 1.96. The average molecular weight is 219 g/mol. The number of hydrazine groups is 1. The van der Waals surface area contributed by atoms with Crippen LogP contribution >= 0.6 is 0 Å². The molecule has 15 heavy (non-hydrogen) atoms. The number of hydrogen-bond acceptors (Lipinski definition) is 5. The minimum absolute atomic E-state index is 0.268. The van der Waals surface area contributed by atoms with Gasteiger partial charge in [0, 0.05) is 4.92 Å². The molecule has 1 atom stereocenters. The molecule has 0 aliphatic heterocycles. The van der Waals surface area contributed by atoms with Crippen molar-refractivity contribution >= 4 is 6.09 Å². The number of hydrogen-bond donors (Lipinski definition) is 2. The number of ether oxygens (including phenoxy) is 1. The number of nitro groups is 1. The van der Waals surface area contributed by atoms with Crippen molar-refractivity contribution in [1.29, 1.82) is 0 Å². The van der Waals surface area contributed by atoms with E-state index in [0.717, 1.165) is 0 Å². The van der Waals surface area contributed by atoms with Crippen LogP contribution in [-0.2, 0) is 4.74 Å². The van der Waals surface area contributed by atoms with Gasteiger partial charge in [0.25, 0.3) is 0 Å². The summed E-state index contributed by atoms with van der Waals surface area (Å²) in [4.78, 5) is 20.7. The largest absolute Gasteiger partial charge is 0.443 e. The van der Waals surface area contributed by atoms with Crippen LogP contribution in [0.2, 0.25) is 0 Å². The summed E-state index contributed by atoms with van der Waals surface area (Å²) in [5, 5.41) is 10.1. The van der Waals surface area contributed by atoms with Crippen molar-refractivity contribution in [2.75, 3.05) is 6.54 Å². The zero-order valence-corrected chi connectivity index (χ0v) is 9.36. The Labute approximate surface area is 88.3 Å². The fourth-order valence-electron chi connectivity index (χ4n) is 0.755. The summed E-state index contributed by atoms with van der Waals surface area (Å²) in [6.45, 7) is 6.50. The normalized spacial score (nSPS) is 13.1. The van der Waals surface area contributed by atoms with Gasteiger partial charge in [0.1, 0.15) is 5.60 Å². The molecule has 0 saturated heterocycles. The molecule has 88 valence electrons. The first kappa shape index (κ1) is 13.6. The summed E-state index contributed by atoms with van der Waals surface area (Å²) in [5.41, 5.74) is 4.11. The van der Waals surface area contributed by atoms with E-state index in [0.29, 0.717) is 0 Å². The molecule has 0 aromatic heterocycles. The zero-order chi connectivity index (χ0) is 12.1. The Morgan fingerprint density at radius 2 is 2.07 bits per heavy atom. The van der Waals surface area contributed by atoms with Gasteiger partial charge in [0.05, 0.1) is 6.04 Å². The summed E-state index contributed by atoms with van der Waals surface area (Å²) >= 11 is 0. The van der Waals surface area contributed by atoms with Gasteiger partial charge in [-0.1, -0.05) is 0 Å². The highest BCUT2D eigenvalue weighted by molar-refractivity contribution is 5.66. The van der Waals surface area contributed by atoms with Crippen LogP contribution in [0.15, 0.2) is 0 Å². The smallest absolute Gasteiger partial charge is 0.422 e. The number of rotatable bonds is 4. The highest BCUT2D eigenvalue weighted by atomic mass is 16.6. The third-order valence-electron chi connectivity index (χ3n) is 1.24. The number of carbonyl (C=O) groups is 1. The summed E-state index contributed by atoms with van der Waals surface area (Å²) in [7, 11) is 0. The number of amides is 1. The van der Waals surface area contributed by atoms with E-state index in [2.05, 4.69) is 10.9 Å². The molecule has 0 aromatic carbocycles. The van der Waals surface area contributed by atoms with Crippen molar-refractivity contribution in [2.24, 2.45) is 0 Å². The van der Waals surface area contributed by atoms with Gasteiger partial charge in [-0.3, -0.25) is 15.5 Å². The Morgan fingerprint density at radius 1 is 1.53 bits per heavy atom. The Bertz CT molecular complexity index is 237. The summed E-state index contributed by atoms with van der Waals surface area (Å²) in [6.07, 6.45) is -0.655. The van der Waals surface area contributed by atoms with E-state index >= 15 is 0 Å². The molecular weight excluding hydrogens is 202 g/mol. The van der Waals surface area contributed by atoms with Crippen LogP contribution in [0.3, 0.4) is 0 Å². The number of nitrogens with one attached hydrogen (secondary N) is 2. The second-order valence-electron chi connectivity index (χ2n) is 4.19. The van der Waals surface area contributed by atoms with Gasteiger partial charge in [-0.15, -0.1) is 0 Å². The predicted molar refractivity (Wildman–Crippen MR) is 53.8 cm³/mol. The van der Waals surface area contributed by atoms with Crippen molar-refractivity contribution < 1.29 is 14.5 Å². The fourth-order valence-corrected chi connectivity index (χ4v) is 0.755. The van der Waals surface area contributed by atoms with Crippen LogP contribution in [0, 0.1) is 10.1 Å². The summed E-state index contributed by atoms with van der Waals surface area (Å²) < 4.78 is 4.91. The van der Waals surface area contributed by atoms with Gasteiger partial charge in [0.15, 0.2) is 0 Å². The minimum atomic E-state index is -0.655. The van der Waals surface area contributed by atoms with Gasteiger partial charge in [-0.05, 0) is 27.7 Å². The zero-order valence-electron chi connectivity index (χ0n) is 9.36. The maximum atomic E-state index is 11.1. The van der Waals surface area contributed by atoms with Crippen molar-refractivity contribution in [2.45, 2.75) is 39.3 Å². The molecule has 1 amide bonds. The highest BCUT2D eigenvalue weighted by Gasteiger charge is 2.17. The molecule has 1 unspecified atom stereocenters. The predicted octanol–water partition coefficient (Wildman–Crippen LogP) is 0.681. The highest BCUT2D eigenvalue weighted by Crippen LogP contribution is 2.05. The van der Waals surface area contributed by atoms with Crippen molar-refractivity contribution in [3.8, 4) is 0 Å². The lowest BCUT2D eigenvalue weighted by atomic mass is 10.2. The van der Waals surface area contributed by atoms with E-state index in [1.165, 1.54) is 0 Å². The molecule has 7 nitrogen and oxygen atoms in total. The van der Waals surface area contributed by atoms with Crippen LogP contribution < -0.4 is 10.9 Å². The minimum Gasteiger partial charge on any atom is -0.443 e. The molecule has 0 aliphatic carbocycles. The van der Waals surface area contributed by atoms with Gasteiger partial charge in [0.2, 0.25) is 6.54 Å². The van der Waals surface area contributed by atoms with Crippen LogP contribution in [-0.4, -0.2) is 29.2 Å². The number of carbonyl (C=O) groups excluding carboxylic acids is 1. The van der Waals surface area contributed by atoms with Gasteiger partial charge >= 0.3 is 6.09 Å². The first-order valence-corrected chi connectivity index (χ1v) is 4.57. The second-order valence-corrected chi connectivity index (χ2v) is 4.19. The lowest BCUT2D eigenvalue weighted by Crippen LogP contribution is -2.47. The van der Waals surface area contributed by atoms with Crippen molar-refractivity contribution in [1.82, 2.24) is 10.9 Å². The van der Waals surface area contributed by atoms with Crippen LogP contribution in [0.5, 0.6) is 0 Å². The molecule has 0 radical (unpaired) electrons. The first-order chi connectivity index (χ1) is 6.70. The van der Waals surface area contributed by atoms with Crippen molar-refractivity contribution in [3.63, 3.8) is 0 Å². The molecule has 0 rings (SSSR count). The van der Waals surface area contributed by atoms with Crippen LogP contribution in [0.1, 0.15) is 27.7 Å². The maximum absolute atomic E-state index is 11.1. The van der Waals surface area contributed by atoms with Crippen LogP contribution in [0.4, 0.5) is 4.79 Å². The Kier molecular flexibility index (Phi) is 4.99. The van der Waals surface area contributed by atoms with E-state index in [1.54, 1.807) is 27.7 Å². The number of nitrogens with zero attached hydrogens (tertiary/aromatic N) is 1. The Morgan fingerprint density at radius 3 is 2.47 bits per heavy atom. The maximum Gasteiger partial charge on any atom is 0.422 e. The topological polar surface area (TPSA) is 93.5 Å². The molecule has 0 aliphatic rings. The van der Waals surface area contributed by atoms with E-state index in [4.69, 9.17) is 4.74 Å². The molecule has 2 N–H and O–H groups in total. The standard InChI is InChI=1S/C8H17N3O4/c1-6(5-11(13)14)9-10-7(12)15-8(2,3)4/h6,9H,5H2,1-4H3,(H,10,12). The summed E-state index contributed by atoms with van der Waals surface area (Å²) in [5.74, 6) is 0. The van der Waals surface area contributed by atoms with E-state index in [9.17, 15) is 14.9 Å². The van der Waals surface area contributed by atoms with Gasteiger partial charge in [-0.2, -0.15) is 0 Å². The molecule has 0 saturated carbocycles. The fraction of sp³-hybridized carbons (Fsp3) is 0.875. The third-order valence-corrected chi connectivity index (χ3v) is 1.24. The summed E-state index contributed by atoms with van der Waals surface area (Å²) in [6, 6.07) is -0.451. The second kappa shape index (κ2) is 5.50. The Balaban J connectivity index is 3.76. The molecule has 0 spiro atoms. The van der Waals surface area contributed by atoms with E-state index < -0.39 is 22.7 Å². The molecule has 0 bridgehead atoms. The monoisotopic (exact) mass is 219 g/mol. The lowest BCUT2D eigenvalue weighted by molar-refractivity contribution is -0.483. The van der Waals surface area contributed by atoms with Gasteiger partial charge < -0.3 is 4.74 Å². The molecular formula is C8H17N3O4. The quantitative estimate of drug-likeness (QED) is 0.535. The molecule has 0 fully saturated rings. The van der Waals surface area contributed by atoms with Gasteiger partial charge in [-0.25, -0.2) is 10.2 Å². The first-order valence-electron chi connectivity index (χ1n) is 4.57. The molecule has 7 heteroatoms. The SMILES string of the molecule is CC(C[N+](=O)[O-])NNC(=O)OC(C)(C)C. The Hall–Kier alpha value is -1.37. The molecule has 0 aromatic rings. The van der Waals surface area contributed by atoms with E-state index in [1.807, 2.05) is 0 Å². The third kappa shape index (κ3) is 8.95. The van der Waals surface area contributed by atoms with E-state index in [-0.39, 0.29) is 6.54 Å².